The molecule has 0 spiro atoms. The minimum atomic E-state index is -0.378. The molecule has 0 aliphatic heterocycles. The van der Waals surface area contributed by atoms with Gasteiger partial charge in [0.1, 0.15) is 5.82 Å². The van der Waals surface area contributed by atoms with Gasteiger partial charge in [-0.25, -0.2) is 4.98 Å². The molecule has 1 heterocycles. The number of hydrogen-bond acceptors (Lipinski definition) is 4. The number of likely N-dealkylation sites (N-methyl/N-ethyl adjacent to an activating group) is 1. The van der Waals surface area contributed by atoms with Crippen molar-refractivity contribution in [2.24, 2.45) is 0 Å². The van der Waals surface area contributed by atoms with E-state index >= 15 is 0 Å². The van der Waals surface area contributed by atoms with Crippen molar-refractivity contribution in [3.05, 3.63) is 58.2 Å². The van der Waals surface area contributed by atoms with E-state index in [1.54, 1.807) is 18.3 Å². The highest BCUT2D eigenvalue weighted by atomic mass is 16.6. The zero-order valence-corrected chi connectivity index (χ0v) is 10.7. The fourth-order valence-electron chi connectivity index (χ4n) is 1.91. The van der Waals surface area contributed by atoms with Gasteiger partial charge in [0.2, 0.25) is 0 Å². The van der Waals surface area contributed by atoms with Crippen LogP contribution in [0.2, 0.25) is 0 Å². The van der Waals surface area contributed by atoms with Crippen LogP contribution in [0.1, 0.15) is 11.4 Å². The monoisotopic (exact) mass is 260 g/mol. The summed E-state index contributed by atoms with van der Waals surface area (Å²) in [7, 11) is 1.90. The first-order valence-corrected chi connectivity index (χ1v) is 6.08. The van der Waals surface area contributed by atoms with E-state index in [4.69, 9.17) is 0 Å². The molecule has 100 valence electrons. The lowest BCUT2D eigenvalue weighted by Gasteiger charge is -2.07. The average molecular weight is 260 g/mol. The Bertz CT molecular complexity index is 565. The van der Waals surface area contributed by atoms with Crippen molar-refractivity contribution in [2.75, 3.05) is 13.6 Å². The molecule has 1 N–H and O–H groups in total. The summed E-state index contributed by atoms with van der Waals surface area (Å²) in [6.45, 7) is 1.69. The molecule has 0 saturated heterocycles. The number of hydrogen-bond donors (Lipinski definition) is 1. The predicted molar refractivity (Wildman–Crippen MR) is 72.1 cm³/mol. The predicted octanol–water partition coefficient (Wildman–Crippen LogP) is 1.60. The Morgan fingerprint density at radius 1 is 1.47 bits per heavy atom. The van der Waals surface area contributed by atoms with Crippen LogP contribution >= 0.6 is 0 Å². The molecule has 0 atom stereocenters. The second kappa shape index (κ2) is 6.10. The van der Waals surface area contributed by atoms with Crippen molar-refractivity contribution in [3.63, 3.8) is 0 Å². The van der Waals surface area contributed by atoms with E-state index in [-0.39, 0.29) is 10.6 Å². The van der Waals surface area contributed by atoms with Gasteiger partial charge in [0, 0.05) is 44.0 Å². The lowest BCUT2D eigenvalue weighted by atomic mass is 10.1. The molecule has 0 bridgehead atoms. The van der Waals surface area contributed by atoms with Crippen LogP contribution in [0.25, 0.3) is 0 Å². The van der Waals surface area contributed by atoms with E-state index in [0.717, 1.165) is 24.5 Å². The van der Waals surface area contributed by atoms with Crippen LogP contribution in [-0.2, 0) is 13.0 Å². The lowest BCUT2D eigenvalue weighted by molar-refractivity contribution is -0.384. The molecular formula is C13H16N4O2. The summed E-state index contributed by atoms with van der Waals surface area (Å²) in [5, 5.41) is 13.8. The number of nitrogens with zero attached hydrogens (tertiary/aromatic N) is 3. The Morgan fingerprint density at radius 2 is 2.32 bits per heavy atom. The Balaban J connectivity index is 2.14. The van der Waals surface area contributed by atoms with Gasteiger partial charge in [0.25, 0.3) is 5.69 Å². The molecule has 0 unspecified atom stereocenters. The second-order valence-electron chi connectivity index (χ2n) is 4.24. The van der Waals surface area contributed by atoms with E-state index in [2.05, 4.69) is 14.9 Å². The van der Waals surface area contributed by atoms with Crippen molar-refractivity contribution in [1.29, 1.82) is 0 Å². The maximum absolute atomic E-state index is 10.7. The Morgan fingerprint density at radius 3 is 3.05 bits per heavy atom. The summed E-state index contributed by atoms with van der Waals surface area (Å²) < 4.78 is 2.05. The fourth-order valence-corrected chi connectivity index (χ4v) is 1.91. The van der Waals surface area contributed by atoms with Gasteiger partial charge in [0.05, 0.1) is 4.92 Å². The van der Waals surface area contributed by atoms with Gasteiger partial charge in [-0.05, 0) is 12.6 Å². The van der Waals surface area contributed by atoms with Gasteiger partial charge >= 0.3 is 0 Å². The van der Waals surface area contributed by atoms with Crippen LogP contribution in [0, 0.1) is 10.1 Å². The lowest BCUT2D eigenvalue weighted by Crippen LogP contribution is -2.16. The third-order valence-electron chi connectivity index (χ3n) is 2.89. The molecule has 0 radical (unpaired) electrons. The highest BCUT2D eigenvalue weighted by Gasteiger charge is 2.08. The van der Waals surface area contributed by atoms with Gasteiger partial charge in [-0.2, -0.15) is 0 Å². The van der Waals surface area contributed by atoms with Crippen LogP contribution in [0.5, 0.6) is 0 Å². The van der Waals surface area contributed by atoms with Crippen LogP contribution in [0.3, 0.4) is 0 Å². The maximum atomic E-state index is 10.7. The van der Waals surface area contributed by atoms with E-state index in [9.17, 15) is 10.1 Å². The molecule has 0 fully saturated rings. The molecule has 6 heteroatoms. The molecule has 0 amide bonds. The maximum Gasteiger partial charge on any atom is 0.269 e. The molecule has 2 rings (SSSR count). The topological polar surface area (TPSA) is 73.0 Å². The quantitative estimate of drug-likeness (QED) is 0.632. The van der Waals surface area contributed by atoms with Crippen LogP contribution < -0.4 is 5.32 Å². The van der Waals surface area contributed by atoms with Gasteiger partial charge < -0.3 is 9.88 Å². The van der Waals surface area contributed by atoms with Gasteiger partial charge in [-0.3, -0.25) is 10.1 Å². The Labute approximate surface area is 111 Å². The molecule has 19 heavy (non-hydrogen) atoms. The number of imidazole rings is 1. The van der Waals surface area contributed by atoms with Crippen molar-refractivity contribution in [3.8, 4) is 0 Å². The number of nitrogens with one attached hydrogen (secondary N) is 1. The summed E-state index contributed by atoms with van der Waals surface area (Å²) >= 11 is 0. The summed E-state index contributed by atoms with van der Waals surface area (Å²) in [6.07, 6.45) is 4.27. The molecule has 0 aliphatic rings. The highest BCUT2D eigenvalue weighted by molar-refractivity contribution is 5.35. The largest absolute Gasteiger partial charge is 0.333 e. The van der Waals surface area contributed by atoms with E-state index in [1.165, 1.54) is 6.07 Å². The van der Waals surface area contributed by atoms with Gasteiger partial charge in [-0.15, -0.1) is 0 Å². The zero-order valence-electron chi connectivity index (χ0n) is 10.7. The first-order chi connectivity index (χ1) is 9.20. The fraction of sp³-hybridized carbons (Fsp3) is 0.308. The number of nitro groups is 1. The molecule has 1 aromatic carbocycles. The SMILES string of the molecule is CNCCn1ccnc1Cc1cccc([N+](=O)[O-])c1. The van der Waals surface area contributed by atoms with Crippen molar-refractivity contribution in [1.82, 2.24) is 14.9 Å². The summed E-state index contributed by atoms with van der Waals surface area (Å²) in [5.74, 6) is 0.913. The molecule has 6 nitrogen and oxygen atoms in total. The molecule has 0 saturated carbocycles. The van der Waals surface area contributed by atoms with Crippen molar-refractivity contribution in [2.45, 2.75) is 13.0 Å². The van der Waals surface area contributed by atoms with Gasteiger partial charge in [0.15, 0.2) is 0 Å². The minimum absolute atomic E-state index is 0.117. The van der Waals surface area contributed by atoms with Crippen LogP contribution in [0.15, 0.2) is 36.7 Å². The van der Waals surface area contributed by atoms with Crippen LogP contribution in [-0.4, -0.2) is 28.1 Å². The summed E-state index contributed by atoms with van der Waals surface area (Å²) in [5.41, 5.74) is 1.01. The van der Waals surface area contributed by atoms with Crippen molar-refractivity contribution >= 4 is 5.69 Å². The third-order valence-corrected chi connectivity index (χ3v) is 2.89. The first-order valence-electron chi connectivity index (χ1n) is 6.08. The number of benzene rings is 1. The molecule has 0 aliphatic carbocycles. The normalized spacial score (nSPS) is 10.6. The molecule has 2 aromatic rings. The second-order valence-corrected chi connectivity index (χ2v) is 4.24. The summed E-state index contributed by atoms with van der Waals surface area (Å²) in [4.78, 5) is 14.7. The number of rotatable bonds is 6. The Hall–Kier alpha value is -2.21. The van der Waals surface area contributed by atoms with Crippen molar-refractivity contribution < 1.29 is 4.92 Å². The Kier molecular flexibility index (Phi) is 4.25. The number of nitro benzene ring substituents is 1. The van der Waals surface area contributed by atoms with Crippen LogP contribution in [0.4, 0.5) is 5.69 Å². The smallest absolute Gasteiger partial charge is 0.269 e. The standard InChI is InChI=1S/C13H16N4O2/c1-14-5-7-16-8-6-15-13(16)10-11-3-2-4-12(9-11)17(18)19/h2-4,6,8-9,14H,5,7,10H2,1H3. The van der Waals surface area contributed by atoms with E-state index in [1.807, 2.05) is 19.3 Å². The zero-order chi connectivity index (χ0) is 13.7. The molecule has 1 aromatic heterocycles. The summed E-state index contributed by atoms with van der Waals surface area (Å²) in [6, 6.07) is 6.67. The number of aromatic nitrogens is 2. The van der Waals surface area contributed by atoms with Gasteiger partial charge in [-0.1, -0.05) is 12.1 Å². The van der Waals surface area contributed by atoms with E-state index in [0.29, 0.717) is 6.42 Å². The molecular weight excluding hydrogens is 244 g/mol. The van der Waals surface area contributed by atoms with E-state index < -0.39 is 0 Å². The minimum Gasteiger partial charge on any atom is -0.333 e. The average Bonchev–Trinajstić information content (AvgIpc) is 2.84. The highest BCUT2D eigenvalue weighted by Crippen LogP contribution is 2.15. The number of non-ortho nitro benzene ring substituents is 1. The third kappa shape index (κ3) is 3.38. The first kappa shape index (κ1) is 13.2.